The quantitative estimate of drug-likeness (QED) is 0.517. The number of aromatic amines is 1. The molecule has 2 aromatic rings. The average Bonchev–Trinajstić information content (AvgIpc) is 2.38. The summed E-state index contributed by atoms with van der Waals surface area (Å²) >= 11 is 1.11. The van der Waals surface area contributed by atoms with Gasteiger partial charge in [0, 0.05) is 23.2 Å². The maximum Gasteiger partial charge on any atom is 0.287 e. The molecule has 0 saturated carbocycles. The Hall–Kier alpha value is -2.66. The third-order valence-corrected chi connectivity index (χ3v) is 3.04. The van der Waals surface area contributed by atoms with Gasteiger partial charge >= 0.3 is 0 Å². The van der Waals surface area contributed by atoms with Crippen LogP contribution in [0.3, 0.4) is 0 Å². The van der Waals surface area contributed by atoms with Gasteiger partial charge in [-0.05, 0) is 12.1 Å². The number of H-pyrrole nitrogens is 1. The van der Waals surface area contributed by atoms with Crippen LogP contribution in [0, 0.1) is 21.4 Å². The molecule has 0 atom stereocenters. The van der Waals surface area contributed by atoms with Crippen LogP contribution >= 0.6 is 11.8 Å². The molecule has 0 saturated heterocycles. The Kier molecular flexibility index (Phi) is 3.58. The summed E-state index contributed by atoms with van der Waals surface area (Å²) in [5.74, 6) is 0. The molecule has 0 radical (unpaired) electrons. The van der Waals surface area contributed by atoms with Crippen LogP contribution in [-0.2, 0) is 0 Å². The van der Waals surface area contributed by atoms with Gasteiger partial charge in [0.05, 0.1) is 4.92 Å². The van der Waals surface area contributed by atoms with Crippen LogP contribution in [-0.4, -0.2) is 14.9 Å². The van der Waals surface area contributed by atoms with E-state index in [9.17, 15) is 14.9 Å². The van der Waals surface area contributed by atoms with Crippen molar-refractivity contribution in [3.05, 3.63) is 56.5 Å². The van der Waals surface area contributed by atoms with Crippen LogP contribution in [0.15, 0.2) is 45.3 Å². The van der Waals surface area contributed by atoms with Crippen molar-refractivity contribution >= 4 is 17.4 Å². The van der Waals surface area contributed by atoms with E-state index in [0.717, 1.165) is 11.8 Å². The lowest BCUT2D eigenvalue weighted by Gasteiger charge is -2.01. The fourth-order valence-corrected chi connectivity index (χ4v) is 2.14. The van der Waals surface area contributed by atoms with Crippen molar-refractivity contribution in [3.8, 4) is 6.07 Å². The number of aromatic nitrogens is 2. The van der Waals surface area contributed by atoms with Crippen molar-refractivity contribution in [1.82, 2.24) is 9.97 Å². The Morgan fingerprint density at radius 1 is 1.42 bits per heavy atom. The van der Waals surface area contributed by atoms with Gasteiger partial charge in [-0.25, -0.2) is 4.98 Å². The van der Waals surface area contributed by atoms with E-state index in [1.807, 2.05) is 0 Å². The van der Waals surface area contributed by atoms with Crippen molar-refractivity contribution in [2.45, 2.75) is 10.1 Å². The number of hydrogen-bond acceptors (Lipinski definition) is 6. The van der Waals surface area contributed by atoms with E-state index in [-0.39, 0.29) is 16.8 Å². The highest BCUT2D eigenvalue weighted by Crippen LogP contribution is 2.28. The van der Waals surface area contributed by atoms with Gasteiger partial charge in [0.2, 0.25) is 0 Å². The second-order valence-electron chi connectivity index (χ2n) is 3.39. The fourth-order valence-electron chi connectivity index (χ4n) is 1.34. The molecular weight excluding hydrogens is 268 g/mol. The first-order chi connectivity index (χ1) is 9.10. The van der Waals surface area contributed by atoms with Crippen molar-refractivity contribution in [2.75, 3.05) is 0 Å². The summed E-state index contributed by atoms with van der Waals surface area (Å²) in [6.07, 6.45) is 1.36. The molecule has 0 amide bonds. The number of hydrogen-bond donors (Lipinski definition) is 1. The molecular formula is C11H6N4O3S. The van der Waals surface area contributed by atoms with Gasteiger partial charge in [-0.3, -0.25) is 14.9 Å². The van der Waals surface area contributed by atoms with Crippen LogP contribution in [0.1, 0.15) is 5.56 Å². The minimum absolute atomic E-state index is 0.0340. The van der Waals surface area contributed by atoms with E-state index < -0.39 is 4.92 Å². The summed E-state index contributed by atoms with van der Waals surface area (Å²) in [6, 6.07) is 7.18. The number of benzene rings is 1. The first kappa shape index (κ1) is 12.8. The number of rotatable bonds is 3. The number of nitro groups is 1. The molecule has 0 bridgehead atoms. The summed E-state index contributed by atoms with van der Waals surface area (Å²) in [4.78, 5) is 28.2. The first-order valence-corrected chi connectivity index (χ1v) is 5.83. The Morgan fingerprint density at radius 3 is 2.84 bits per heavy atom. The standard InChI is InChI=1S/C11H6N4O3S/c12-6-7-5-8(1-2-9(7)15(17)18)19-11-13-4-3-10(16)14-11/h1-5H,(H,13,14,16). The Labute approximate surface area is 111 Å². The third-order valence-electron chi connectivity index (χ3n) is 2.15. The molecule has 1 aromatic carbocycles. The number of nitriles is 1. The minimum Gasteiger partial charge on any atom is -0.301 e. The zero-order chi connectivity index (χ0) is 13.8. The molecule has 0 spiro atoms. The number of nitro benzene ring substituents is 1. The Morgan fingerprint density at radius 2 is 2.21 bits per heavy atom. The molecule has 0 unspecified atom stereocenters. The van der Waals surface area contributed by atoms with E-state index in [0.29, 0.717) is 10.1 Å². The van der Waals surface area contributed by atoms with Crippen LogP contribution in [0.25, 0.3) is 0 Å². The Balaban J connectivity index is 2.35. The van der Waals surface area contributed by atoms with Gasteiger partial charge in [-0.1, -0.05) is 11.8 Å². The number of nitrogens with zero attached hydrogens (tertiary/aromatic N) is 3. The predicted octanol–water partition coefficient (Wildman–Crippen LogP) is 1.70. The molecule has 1 heterocycles. The van der Waals surface area contributed by atoms with Crippen LogP contribution in [0.5, 0.6) is 0 Å². The molecule has 0 aliphatic carbocycles. The number of nitrogens with one attached hydrogen (secondary N) is 1. The molecule has 2 rings (SSSR count). The molecule has 19 heavy (non-hydrogen) atoms. The lowest BCUT2D eigenvalue weighted by atomic mass is 10.2. The first-order valence-electron chi connectivity index (χ1n) is 5.02. The van der Waals surface area contributed by atoms with Crippen LogP contribution in [0.4, 0.5) is 5.69 Å². The normalized spacial score (nSPS) is 9.84. The Bertz CT molecular complexity index is 735. The zero-order valence-corrected chi connectivity index (χ0v) is 10.2. The van der Waals surface area contributed by atoms with E-state index in [2.05, 4.69) is 9.97 Å². The molecule has 7 nitrogen and oxygen atoms in total. The fraction of sp³-hybridized carbons (Fsp3) is 0. The molecule has 8 heteroatoms. The summed E-state index contributed by atoms with van der Waals surface area (Å²) in [6.45, 7) is 0. The van der Waals surface area contributed by atoms with Gasteiger partial charge in [-0.2, -0.15) is 5.26 Å². The van der Waals surface area contributed by atoms with Crippen molar-refractivity contribution in [3.63, 3.8) is 0 Å². The average molecular weight is 274 g/mol. The highest BCUT2D eigenvalue weighted by atomic mass is 32.2. The second kappa shape index (κ2) is 5.32. The second-order valence-corrected chi connectivity index (χ2v) is 4.45. The molecule has 94 valence electrons. The van der Waals surface area contributed by atoms with E-state index >= 15 is 0 Å². The minimum atomic E-state index is -0.615. The van der Waals surface area contributed by atoms with Gasteiger partial charge in [-0.15, -0.1) is 0 Å². The molecule has 1 N–H and O–H groups in total. The topological polar surface area (TPSA) is 113 Å². The van der Waals surface area contributed by atoms with Crippen molar-refractivity contribution in [1.29, 1.82) is 5.26 Å². The van der Waals surface area contributed by atoms with Crippen molar-refractivity contribution < 1.29 is 4.92 Å². The zero-order valence-electron chi connectivity index (χ0n) is 9.36. The predicted molar refractivity (Wildman–Crippen MR) is 66.8 cm³/mol. The largest absolute Gasteiger partial charge is 0.301 e. The smallest absolute Gasteiger partial charge is 0.287 e. The molecule has 0 aliphatic rings. The lowest BCUT2D eigenvalue weighted by molar-refractivity contribution is -0.385. The lowest BCUT2D eigenvalue weighted by Crippen LogP contribution is -2.05. The van der Waals surface area contributed by atoms with Crippen molar-refractivity contribution in [2.24, 2.45) is 0 Å². The van der Waals surface area contributed by atoms with Gasteiger partial charge in [0.15, 0.2) is 5.16 Å². The maximum atomic E-state index is 11.1. The van der Waals surface area contributed by atoms with Gasteiger partial charge in [0.1, 0.15) is 11.6 Å². The maximum absolute atomic E-state index is 11.1. The summed E-state index contributed by atoms with van der Waals surface area (Å²) in [5.41, 5.74) is -0.574. The summed E-state index contributed by atoms with van der Waals surface area (Å²) in [5, 5.41) is 19.9. The van der Waals surface area contributed by atoms with E-state index in [1.54, 1.807) is 6.07 Å². The molecule has 1 aromatic heterocycles. The third kappa shape index (κ3) is 2.97. The van der Waals surface area contributed by atoms with Crippen LogP contribution in [0.2, 0.25) is 0 Å². The molecule has 0 aliphatic heterocycles. The SMILES string of the molecule is N#Cc1cc(Sc2nccc(=O)[nH]2)ccc1[N+](=O)[O-]. The highest BCUT2D eigenvalue weighted by molar-refractivity contribution is 7.99. The monoisotopic (exact) mass is 274 g/mol. The summed E-state index contributed by atoms with van der Waals surface area (Å²) in [7, 11) is 0. The van der Waals surface area contributed by atoms with E-state index in [4.69, 9.17) is 5.26 Å². The van der Waals surface area contributed by atoms with Gasteiger partial charge in [0.25, 0.3) is 11.2 Å². The summed E-state index contributed by atoms with van der Waals surface area (Å²) < 4.78 is 0. The van der Waals surface area contributed by atoms with Gasteiger partial charge < -0.3 is 4.98 Å². The van der Waals surface area contributed by atoms with E-state index in [1.165, 1.54) is 30.5 Å². The van der Waals surface area contributed by atoms with Crippen LogP contribution < -0.4 is 5.56 Å². The molecule has 0 fully saturated rings. The highest BCUT2D eigenvalue weighted by Gasteiger charge is 2.14.